The predicted octanol–water partition coefficient (Wildman–Crippen LogP) is 1.27. The van der Waals surface area contributed by atoms with Crippen LogP contribution in [0.15, 0.2) is 53.4 Å². The number of nitrogens with one attached hydrogen (secondary N) is 1. The van der Waals surface area contributed by atoms with Gasteiger partial charge in [0.2, 0.25) is 10.0 Å². The third-order valence-electron chi connectivity index (χ3n) is 3.48. The van der Waals surface area contributed by atoms with Crippen molar-refractivity contribution >= 4 is 21.8 Å². The Morgan fingerprint density at radius 1 is 1.11 bits per heavy atom. The number of nitriles is 1. The van der Waals surface area contributed by atoms with E-state index >= 15 is 0 Å². The second-order valence-electron chi connectivity index (χ2n) is 5.24. The third-order valence-corrected chi connectivity index (χ3v) is 4.94. The predicted molar refractivity (Wildman–Crippen MR) is 94.6 cm³/mol. The molecule has 9 heteroatoms. The summed E-state index contributed by atoms with van der Waals surface area (Å²) < 4.78 is 36.2. The molecule has 0 aliphatic rings. The van der Waals surface area contributed by atoms with Crippen molar-refractivity contribution in [3.8, 4) is 11.8 Å². The molecule has 0 aliphatic heterocycles. The van der Waals surface area contributed by atoms with Gasteiger partial charge < -0.3 is 9.47 Å². The molecule has 0 aliphatic carbocycles. The Balaban J connectivity index is 1.90. The van der Waals surface area contributed by atoms with Crippen LogP contribution in [0.4, 0.5) is 0 Å². The standard InChI is InChI=1S/C18H16N2O6S/c1-25-15-8-6-13(7-9-15)16(21)12-26-18(22)11-20-27(23,24)17-5-3-2-4-14(17)10-19/h2-9,20H,11-12H2,1H3. The van der Waals surface area contributed by atoms with Gasteiger partial charge in [-0.3, -0.25) is 9.59 Å². The quantitative estimate of drug-likeness (QED) is 0.534. The molecule has 0 fully saturated rings. The van der Waals surface area contributed by atoms with Gasteiger partial charge in [0.15, 0.2) is 12.4 Å². The Kier molecular flexibility index (Phi) is 6.65. The van der Waals surface area contributed by atoms with Gasteiger partial charge >= 0.3 is 5.97 Å². The summed E-state index contributed by atoms with van der Waals surface area (Å²) in [5, 5.41) is 8.97. The lowest BCUT2D eigenvalue weighted by Gasteiger charge is -2.08. The molecule has 2 aromatic carbocycles. The van der Waals surface area contributed by atoms with E-state index in [2.05, 4.69) is 0 Å². The SMILES string of the molecule is COc1ccc(C(=O)COC(=O)CNS(=O)(=O)c2ccccc2C#N)cc1. The van der Waals surface area contributed by atoms with Gasteiger partial charge in [0.1, 0.15) is 18.4 Å². The van der Waals surface area contributed by atoms with Crippen LogP contribution in [-0.4, -0.2) is 40.4 Å². The summed E-state index contributed by atoms with van der Waals surface area (Å²) in [7, 11) is -2.57. The molecule has 0 unspecified atom stereocenters. The summed E-state index contributed by atoms with van der Waals surface area (Å²) in [6, 6.07) is 13.6. The summed E-state index contributed by atoms with van der Waals surface area (Å²) in [5.41, 5.74) is 0.278. The molecule has 2 rings (SSSR count). The topological polar surface area (TPSA) is 123 Å². The van der Waals surface area contributed by atoms with Crippen LogP contribution in [0, 0.1) is 11.3 Å². The molecular weight excluding hydrogens is 372 g/mol. The van der Waals surface area contributed by atoms with Crippen LogP contribution in [0.2, 0.25) is 0 Å². The maximum atomic E-state index is 12.2. The number of Topliss-reactive ketones (excluding diaryl/α,β-unsaturated/α-hetero) is 1. The van der Waals surface area contributed by atoms with Gasteiger partial charge in [0.05, 0.1) is 17.6 Å². The van der Waals surface area contributed by atoms with Crippen LogP contribution in [0.25, 0.3) is 0 Å². The third kappa shape index (κ3) is 5.37. The molecule has 140 valence electrons. The fourth-order valence-corrected chi connectivity index (χ4v) is 3.21. The van der Waals surface area contributed by atoms with Crippen LogP contribution >= 0.6 is 0 Å². The zero-order valence-electron chi connectivity index (χ0n) is 14.3. The number of carbonyl (C=O) groups excluding carboxylic acids is 2. The van der Waals surface area contributed by atoms with Crippen LogP contribution in [-0.2, 0) is 19.6 Å². The van der Waals surface area contributed by atoms with Gasteiger partial charge in [-0.15, -0.1) is 0 Å². The van der Waals surface area contributed by atoms with Crippen molar-refractivity contribution in [3.05, 3.63) is 59.7 Å². The summed E-state index contributed by atoms with van der Waals surface area (Å²) in [6.07, 6.45) is 0. The Bertz CT molecular complexity index is 978. The molecule has 27 heavy (non-hydrogen) atoms. The number of hydrogen-bond acceptors (Lipinski definition) is 7. The fourth-order valence-electron chi connectivity index (χ4n) is 2.08. The van der Waals surface area contributed by atoms with Gasteiger partial charge in [-0.2, -0.15) is 9.98 Å². The van der Waals surface area contributed by atoms with Gasteiger partial charge in [0.25, 0.3) is 0 Å². The molecule has 0 spiro atoms. The van der Waals surface area contributed by atoms with Crippen molar-refractivity contribution in [2.75, 3.05) is 20.3 Å². The summed E-state index contributed by atoms with van der Waals surface area (Å²) in [6.45, 7) is -1.19. The average molecular weight is 388 g/mol. The molecule has 2 aromatic rings. The minimum Gasteiger partial charge on any atom is -0.497 e. The molecule has 0 aromatic heterocycles. The lowest BCUT2D eigenvalue weighted by Crippen LogP contribution is -2.32. The molecule has 0 bridgehead atoms. The Hall–Kier alpha value is -3.22. The molecule has 0 saturated heterocycles. The average Bonchev–Trinajstić information content (AvgIpc) is 2.70. The van der Waals surface area contributed by atoms with E-state index in [1.165, 1.54) is 43.5 Å². The van der Waals surface area contributed by atoms with E-state index in [9.17, 15) is 18.0 Å². The zero-order chi connectivity index (χ0) is 19.9. The van der Waals surface area contributed by atoms with Crippen molar-refractivity contribution < 1.29 is 27.5 Å². The van der Waals surface area contributed by atoms with Crippen molar-refractivity contribution in [2.45, 2.75) is 4.90 Å². The highest BCUT2D eigenvalue weighted by atomic mass is 32.2. The summed E-state index contributed by atoms with van der Waals surface area (Å²) in [4.78, 5) is 23.4. The number of ketones is 1. The van der Waals surface area contributed by atoms with Crippen LogP contribution in [0.3, 0.4) is 0 Å². The molecule has 1 N–H and O–H groups in total. The lowest BCUT2D eigenvalue weighted by atomic mass is 10.1. The first-order chi connectivity index (χ1) is 12.9. The summed E-state index contributed by atoms with van der Waals surface area (Å²) in [5.74, 6) is -0.783. The second kappa shape index (κ2) is 8.93. The number of esters is 1. The molecule has 0 radical (unpaired) electrons. The van der Waals surface area contributed by atoms with Gasteiger partial charge in [-0.1, -0.05) is 12.1 Å². The number of benzene rings is 2. The first-order valence-corrected chi connectivity index (χ1v) is 9.17. The van der Waals surface area contributed by atoms with Crippen LogP contribution in [0.5, 0.6) is 5.75 Å². The molecule has 0 heterocycles. The van der Waals surface area contributed by atoms with E-state index in [0.29, 0.717) is 11.3 Å². The molecule has 0 saturated carbocycles. The van der Waals surface area contributed by atoms with Crippen molar-refractivity contribution in [3.63, 3.8) is 0 Å². The summed E-state index contributed by atoms with van der Waals surface area (Å²) >= 11 is 0. The Labute approximate surface area is 156 Å². The number of rotatable bonds is 8. The highest BCUT2D eigenvalue weighted by Gasteiger charge is 2.20. The molecule has 0 atom stereocenters. The van der Waals surface area contributed by atoms with Crippen molar-refractivity contribution in [1.29, 1.82) is 5.26 Å². The first-order valence-electron chi connectivity index (χ1n) is 7.69. The van der Waals surface area contributed by atoms with Gasteiger partial charge in [-0.25, -0.2) is 8.42 Å². The monoisotopic (exact) mass is 388 g/mol. The maximum absolute atomic E-state index is 12.2. The van der Waals surface area contributed by atoms with E-state index < -0.39 is 34.9 Å². The minimum atomic E-state index is -4.07. The van der Waals surface area contributed by atoms with E-state index in [1.807, 2.05) is 4.72 Å². The normalized spacial score (nSPS) is 10.7. The van der Waals surface area contributed by atoms with Gasteiger partial charge in [-0.05, 0) is 36.4 Å². The molecule has 8 nitrogen and oxygen atoms in total. The van der Waals surface area contributed by atoms with Crippen LogP contribution in [0.1, 0.15) is 15.9 Å². The Morgan fingerprint density at radius 3 is 2.41 bits per heavy atom. The number of nitrogens with zero attached hydrogens (tertiary/aromatic N) is 1. The van der Waals surface area contributed by atoms with Crippen molar-refractivity contribution in [1.82, 2.24) is 4.72 Å². The van der Waals surface area contributed by atoms with E-state index in [4.69, 9.17) is 14.7 Å². The number of hydrogen-bond donors (Lipinski definition) is 1. The Morgan fingerprint density at radius 2 is 1.78 bits per heavy atom. The minimum absolute atomic E-state index is 0.0481. The smallest absolute Gasteiger partial charge is 0.321 e. The largest absolute Gasteiger partial charge is 0.497 e. The lowest BCUT2D eigenvalue weighted by molar-refractivity contribution is -0.141. The first kappa shape index (κ1) is 20.1. The molecular formula is C18H16N2O6S. The zero-order valence-corrected chi connectivity index (χ0v) is 15.2. The van der Waals surface area contributed by atoms with E-state index in [0.717, 1.165) is 0 Å². The number of methoxy groups -OCH3 is 1. The number of ether oxygens (including phenoxy) is 2. The van der Waals surface area contributed by atoms with Gasteiger partial charge in [0, 0.05) is 5.56 Å². The highest BCUT2D eigenvalue weighted by molar-refractivity contribution is 7.89. The number of carbonyl (C=O) groups is 2. The second-order valence-corrected chi connectivity index (χ2v) is 6.98. The fraction of sp³-hybridized carbons (Fsp3) is 0.167. The van der Waals surface area contributed by atoms with E-state index in [-0.39, 0.29) is 10.5 Å². The number of sulfonamides is 1. The van der Waals surface area contributed by atoms with Crippen molar-refractivity contribution in [2.24, 2.45) is 0 Å². The highest BCUT2D eigenvalue weighted by Crippen LogP contribution is 2.14. The molecule has 0 amide bonds. The van der Waals surface area contributed by atoms with Crippen LogP contribution < -0.4 is 9.46 Å². The maximum Gasteiger partial charge on any atom is 0.321 e. The van der Waals surface area contributed by atoms with E-state index in [1.54, 1.807) is 18.2 Å².